The second-order valence-electron chi connectivity index (χ2n) is 4.47. The third-order valence-electron chi connectivity index (χ3n) is 2.85. The van der Waals surface area contributed by atoms with Crippen LogP contribution in [0.25, 0.3) is 0 Å². The lowest BCUT2D eigenvalue weighted by Crippen LogP contribution is -2.24. The van der Waals surface area contributed by atoms with E-state index in [1.54, 1.807) is 44.2 Å². The summed E-state index contributed by atoms with van der Waals surface area (Å²) in [5, 5.41) is 0. The number of halogens is 3. The predicted octanol–water partition coefficient (Wildman–Crippen LogP) is 4.70. The average Bonchev–Trinajstić information content (AvgIpc) is 2.81. The van der Waals surface area contributed by atoms with Crippen molar-refractivity contribution in [3.8, 4) is 0 Å². The van der Waals surface area contributed by atoms with Gasteiger partial charge in [-0.25, -0.2) is 0 Å². The van der Waals surface area contributed by atoms with E-state index in [4.69, 9.17) is 4.42 Å². The standard InChI is InChI=1S/C15H14F3NO/c1-10-8-9-13(20-10)14(15(16,17)18)19-11(2)12-6-4-3-5-7-12/h3-9,11H,1-2H3/b19-14+/t11-/m1/s1. The fourth-order valence-corrected chi connectivity index (χ4v) is 1.84. The van der Waals surface area contributed by atoms with Crippen molar-refractivity contribution in [1.82, 2.24) is 0 Å². The van der Waals surface area contributed by atoms with Crippen LogP contribution in [0.2, 0.25) is 0 Å². The lowest BCUT2D eigenvalue weighted by atomic mass is 10.1. The highest BCUT2D eigenvalue weighted by molar-refractivity contribution is 6.02. The summed E-state index contributed by atoms with van der Waals surface area (Å²) in [6.45, 7) is 3.22. The van der Waals surface area contributed by atoms with Gasteiger partial charge in [-0.05, 0) is 31.5 Å². The van der Waals surface area contributed by atoms with Gasteiger partial charge in [0.2, 0.25) is 0 Å². The van der Waals surface area contributed by atoms with Crippen LogP contribution < -0.4 is 0 Å². The molecule has 20 heavy (non-hydrogen) atoms. The van der Waals surface area contributed by atoms with E-state index in [2.05, 4.69) is 4.99 Å². The van der Waals surface area contributed by atoms with Gasteiger partial charge in [-0.3, -0.25) is 4.99 Å². The van der Waals surface area contributed by atoms with Crippen molar-refractivity contribution >= 4 is 5.71 Å². The molecule has 0 amide bonds. The zero-order valence-corrected chi connectivity index (χ0v) is 11.1. The normalized spacial score (nSPS) is 14.3. The van der Waals surface area contributed by atoms with Gasteiger partial charge in [0, 0.05) is 0 Å². The molecule has 0 unspecified atom stereocenters. The number of hydrogen-bond donors (Lipinski definition) is 0. The molecule has 0 saturated heterocycles. The summed E-state index contributed by atoms with van der Waals surface area (Å²) in [5.74, 6) is 0.169. The van der Waals surface area contributed by atoms with Crippen LogP contribution in [-0.2, 0) is 0 Å². The summed E-state index contributed by atoms with van der Waals surface area (Å²) in [6, 6.07) is 11.0. The number of furan rings is 1. The van der Waals surface area contributed by atoms with Gasteiger partial charge in [0.1, 0.15) is 5.76 Å². The van der Waals surface area contributed by atoms with E-state index >= 15 is 0 Å². The zero-order valence-electron chi connectivity index (χ0n) is 11.1. The maximum Gasteiger partial charge on any atom is 0.436 e. The van der Waals surface area contributed by atoms with Crippen molar-refractivity contribution in [2.75, 3.05) is 0 Å². The molecular formula is C15H14F3NO. The Kier molecular flexibility index (Phi) is 3.97. The number of benzene rings is 1. The Morgan fingerprint density at radius 3 is 2.25 bits per heavy atom. The summed E-state index contributed by atoms with van der Waals surface area (Å²) in [6.07, 6.45) is -4.55. The Balaban J connectivity index is 2.39. The van der Waals surface area contributed by atoms with Gasteiger partial charge < -0.3 is 4.42 Å². The van der Waals surface area contributed by atoms with Gasteiger partial charge >= 0.3 is 6.18 Å². The molecule has 1 aromatic carbocycles. The lowest BCUT2D eigenvalue weighted by Gasteiger charge is -2.12. The molecule has 5 heteroatoms. The van der Waals surface area contributed by atoms with Crippen molar-refractivity contribution in [2.24, 2.45) is 4.99 Å². The monoisotopic (exact) mass is 281 g/mol. The Morgan fingerprint density at radius 2 is 1.75 bits per heavy atom. The Bertz CT molecular complexity index is 599. The predicted molar refractivity (Wildman–Crippen MR) is 70.9 cm³/mol. The molecule has 0 spiro atoms. The van der Waals surface area contributed by atoms with Crippen LogP contribution in [0, 0.1) is 6.92 Å². The Labute approximate surface area is 114 Å². The summed E-state index contributed by atoms with van der Waals surface area (Å²) in [7, 11) is 0. The van der Waals surface area contributed by atoms with Crippen molar-refractivity contribution < 1.29 is 17.6 Å². The van der Waals surface area contributed by atoms with E-state index in [-0.39, 0.29) is 5.76 Å². The molecule has 2 rings (SSSR count). The first kappa shape index (κ1) is 14.4. The highest BCUT2D eigenvalue weighted by Crippen LogP contribution is 2.27. The minimum atomic E-state index is -4.55. The molecule has 0 N–H and O–H groups in total. The molecule has 0 fully saturated rings. The average molecular weight is 281 g/mol. The second-order valence-corrected chi connectivity index (χ2v) is 4.47. The van der Waals surface area contributed by atoms with Crippen LogP contribution in [0.5, 0.6) is 0 Å². The van der Waals surface area contributed by atoms with Gasteiger partial charge in [-0.15, -0.1) is 0 Å². The maximum absolute atomic E-state index is 13.1. The van der Waals surface area contributed by atoms with Crippen LogP contribution in [-0.4, -0.2) is 11.9 Å². The maximum atomic E-state index is 13.1. The first-order chi connectivity index (χ1) is 9.38. The molecule has 0 bridgehead atoms. The quantitative estimate of drug-likeness (QED) is 0.749. The first-order valence-electron chi connectivity index (χ1n) is 6.14. The fourth-order valence-electron chi connectivity index (χ4n) is 1.84. The van der Waals surface area contributed by atoms with Crippen molar-refractivity contribution in [3.63, 3.8) is 0 Å². The van der Waals surface area contributed by atoms with E-state index in [0.29, 0.717) is 5.76 Å². The zero-order chi connectivity index (χ0) is 14.8. The molecule has 2 nitrogen and oxygen atoms in total. The molecule has 0 aliphatic carbocycles. The van der Waals surface area contributed by atoms with Crippen LogP contribution in [0.4, 0.5) is 13.2 Å². The lowest BCUT2D eigenvalue weighted by molar-refractivity contribution is -0.0592. The van der Waals surface area contributed by atoms with Crippen molar-refractivity contribution in [1.29, 1.82) is 0 Å². The molecule has 1 heterocycles. The molecule has 1 aromatic heterocycles. The second kappa shape index (κ2) is 5.53. The van der Waals surface area contributed by atoms with Gasteiger partial charge in [-0.2, -0.15) is 13.2 Å². The smallest absolute Gasteiger partial charge is 0.436 e. The van der Waals surface area contributed by atoms with E-state index in [9.17, 15) is 13.2 Å². The van der Waals surface area contributed by atoms with Crippen molar-refractivity contribution in [2.45, 2.75) is 26.1 Å². The molecule has 106 valence electrons. The Hall–Kier alpha value is -2.04. The van der Waals surface area contributed by atoms with Crippen molar-refractivity contribution in [3.05, 3.63) is 59.5 Å². The minimum absolute atomic E-state index is 0.252. The summed E-state index contributed by atoms with van der Waals surface area (Å²) in [5.41, 5.74) is -0.264. The molecule has 0 saturated carbocycles. The third-order valence-corrected chi connectivity index (χ3v) is 2.85. The van der Waals surface area contributed by atoms with Gasteiger partial charge in [0.25, 0.3) is 0 Å². The number of aliphatic imine (C=N–C) groups is 1. The van der Waals surface area contributed by atoms with Crippen LogP contribution >= 0.6 is 0 Å². The summed E-state index contributed by atoms with van der Waals surface area (Å²) in [4.78, 5) is 3.80. The van der Waals surface area contributed by atoms with Gasteiger partial charge in [0.15, 0.2) is 11.5 Å². The number of rotatable bonds is 3. The van der Waals surface area contributed by atoms with E-state index < -0.39 is 17.9 Å². The van der Waals surface area contributed by atoms with E-state index in [1.807, 2.05) is 0 Å². The SMILES string of the molecule is Cc1ccc(/C(=N\[C@H](C)c2ccccc2)C(F)(F)F)o1. The molecular weight excluding hydrogens is 267 g/mol. The number of alkyl halides is 3. The molecule has 0 radical (unpaired) electrons. The summed E-state index contributed by atoms with van der Waals surface area (Å²) < 4.78 is 44.4. The largest absolute Gasteiger partial charge is 0.460 e. The molecule has 1 atom stereocenters. The topological polar surface area (TPSA) is 25.5 Å². The minimum Gasteiger partial charge on any atom is -0.460 e. The van der Waals surface area contributed by atoms with E-state index in [1.165, 1.54) is 12.1 Å². The van der Waals surface area contributed by atoms with Crippen LogP contribution in [0.3, 0.4) is 0 Å². The number of aryl methyl sites for hydroxylation is 1. The van der Waals surface area contributed by atoms with Gasteiger partial charge in [0.05, 0.1) is 6.04 Å². The highest BCUT2D eigenvalue weighted by atomic mass is 19.4. The highest BCUT2D eigenvalue weighted by Gasteiger charge is 2.39. The van der Waals surface area contributed by atoms with Crippen LogP contribution in [0.1, 0.15) is 30.0 Å². The fraction of sp³-hybridized carbons (Fsp3) is 0.267. The number of hydrogen-bond acceptors (Lipinski definition) is 2. The van der Waals surface area contributed by atoms with E-state index in [0.717, 1.165) is 5.56 Å². The summed E-state index contributed by atoms with van der Waals surface area (Å²) >= 11 is 0. The third kappa shape index (κ3) is 3.29. The van der Waals surface area contributed by atoms with Crippen LogP contribution in [0.15, 0.2) is 51.9 Å². The molecule has 0 aliphatic rings. The molecule has 2 aromatic rings. The first-order valence-corrected chi connectivity index (χ1v) is 6.14. The number of nitrogens with zero attached hydrogens (tertiary/aromatic N) is 1. The Morgan fingerprint density at radius 1 is 1.10 bits per heavy atom. The van der Waals surface area contributed by atoms with Gasteiger partial charge in [-0.1, -0.05) is 30.3 Å². The molecule has 0 aliphatic heterocycles.